The summed E-state index contributed by atoms with van der Waals surface area (Å²) in [7, 11) is 0. The van der Waals surface area contributed by atoms with Crippen LogP contribution in [0.3, 0.4) is 0 Å². The summed E-state index contributed by atoms with van der Waals surface area (Å²) in [5, 5.41) is 5.46. The molecule has 1 atom stereocenters. The van der Waals surface area contributed by atoms with Crippen molar-refractivity contribution in [3.05, 3.63) is 28.6 Å². The van der Waals surface area contributed by atoms with Crippen molar-refractivity contribution in [1.82, 2.24) is 15.0 Å². The fourth-order valence-corrected chi connectivity index (χ4v) is 4.54. The molecule has 0 radical (unpaired) electrons. The van der Waals surface area contributed by atoms with Crippen LogP contribution >= 0.6 is 11.3 Å². The Balaban J connectivity index is 1.43. The molecule has 0 amide bonds. The first-order valence-electron chi connectivity index (χ1n) is 9.18. The minimum absolute atomic E-state index is 0.366. The van der Waals surface area contributed by atoms with Crippen LogP contribution in [0.25, 0.3) is 0 Å². The van der Waals surface area contributed by atoms with Gasteiger partial charge in [0.15, 0.2) is 5.13 Å². The molecule has 0 saturated carbocycles. The maximum atomic E-state index is 5.52. The van der Waals surface area contributed by atoms with Crippen molar-refractivity contribution in [1.29, 1.82) is 0 Å². The number of rotatable bonds is 5. The smallest absolute Gasteiger partial charge is 0.185 e. The predicted molar refractivity (Wildman–Crippen MR) is 98.1 cm³/mol. The topological polar surface area (TPSA) is 54.6 Å². The second-order valence-corrected chi connectivity index (χ2v) is 8.24. The monoisotopic (exact) mass is 362 g/mol. The zero-order valence-electron chi connectivity index (χ0n) is 15.0. The van der Waals surface area contributed by atoms with E-state index in [4.69, 9.17) is 9.26 Å². The SMILES string of the molecule is CC(C)c1cc(C2CCCN2Cc2cnc(N3CCOCC3)s2)no1. The van der Waals surface area contributed by atoms with E-state index in [9.17, 15) is 0 Å². The number of nitrogens with zero attached hydrogens (tertiary/aromatic N) is 4. The molecule has 1 unspecified atom stereocenters. The van der Waals surface area contributed by atoms with E-state index >= 15 is 0 Å². The molecule has 2 aliphatic heterocycles. The Morgan fingerprint density at radius 2 is 2.12 bits per heavy atom. The average molecular weight is 362 g/mol. The van der Waals surface area contributed by atoms with Gasteiger partial charge in [-0.2, -0.15) is 0 Å². The minimum atomic E-state index is 0.366. The maximum absolute atomic E-state index is 5.52. The van der Waals surface area contributed by atoms with Crippen LogP contribution in [-0.2, 0) is 11.3 Å². The molecule has 136 valence electrons. The second-order valence-electron chi connectivity index (χ2n) is 7.15. The van der Waals surface area contributed by atoms with E-state index in [2.05, 4.69) is 39.9 Å². The van der Waals surface area contributed by atoms with Gasteiger partial charge in [0.25, 0.3) is 0 Å². The molecule has 2 aromatic heterocycles. The van der Waals surface area contributed by atoms with Gasteiger partial charge < -0.3 is 14.2 Å². The third-order valence-corrected chi connectivity index (χ3v) is 6.05. The quantitative estimate of drug-likeness (QED) is 0.812. The Morgan fingerprint density at radius 1 is 1.28 bits per heavy atom. The predicted octanol–water partition coefficient (Wildman–Crippen LogP) is 3.43. The Morgan fingerprint density at radius 3 is 2.88 bits per heavy atom. The number of aromatic nitrogens is 2. The van der Waals surface area contributed by atoms with Gasteiger partial charge >= 0.3 is 0 Å². The third kappa shape index (κ3) is 3.73. The van der Waals surface area contributed by atoms with Crippen molar-refractivity contribution in [2.45, 2.75) is 45.2 Å². The van der Waals surface area contributed by atoms with Gasteiger partial charge in [-0.25, -0.2) is 4.98 Å². The number of likely N-dealkylation sites (tertiary alicyclic amines) is 1. The van der Waals surface area contributed by atoms with E-state index < -0.39 is 0 Å². The van der Waals surface area contributed by atoms with Gasteiger partial charge in [-0.1, -0.05) is 19.0 Å². The largest absolute Gasteiger partial charge is 0.378 e. The molecule has 4 heterocycles. The van der Waals surface area contributed by atoms with Crippen molar-refractivity contribution >= 4 is 16.5 Å². The Kier molecular flexibility index (Phi) is 5.05. The van der Waals surface area contributed by atoms with Gasteiger partial charge in [-0.3, -0.25) is 4.90 Å². The number of thiazole rings is 1. The lowest BCUT2D eigenvalue weighted by atomic mass is 10.1. The number of morpholine rings is 1. The summed E-state index contributed by atoms with van der Waals surface area (Å²) in [6, 6.07) is 2.50. The van der Waals surface area contributed by atoms with E-state index in [1.165, 1.54) is 11.3 Å². The summed E-state index contributed by atoms with van der Waals surface area (Å²) in [4.78, 5) is 10.8. The summed E-state index contributed by atoms with van der Waals surface area (Å²) >= 11 is 1.81. The van der Waals surface area contributed by atoms with Gasteiger partial charge in [0.1, 0.15) is 11.5 Å². The van der Waals surface area contributed by atoms with Crippen LogP contribution in [0.15, 0.2) is 16.8 Å². The van der Waals surface area contributed by atoms with Gasteiger partial charge in [0.05, 0.1) is 19.3 Å². The Bertz CT molecular complexity index is 693. The Hall–Kier alpha value is -1.44. The van der Waals surface area contributed by atoms with Crippen LogP contribution in [-0.4, -0.2) is 47.9 Å². The third-order valence-electron chi connectivity index (χ3n) is 5.00. The van der Waals surface area contributed by atoms with Crippen molar-refractivity contribution < 1.29 is 9.26 Å². The molecule has 0 spiro atoms. The van der Waals surface area contributed by atoms with E-state index in [-0.39, 0.29) is 0 Å². The summed E-state index contributed by atoms with van der Waals surface area (Å²) in [6.07, 6.45) is 4.40. The zero-order valence-corrected chi connectivity index (χ0v) is 15.8. The van der Waals surface area contributed by atoms with E-state index in [0.717, 1.165) is 62.4 Å². The normalized spacial score (nSPS) is 22.2. The van der Waals surface area contributed by atoms with Crippen LogP contribution in [0.2, 0.25) is 0 Å². The van der Waals surface area contributed by atoms with Gasteiger partial charge in [0, 0.05) is 42.7 Å². The lowest BCUT2D eigenvalue weighted by Gasteiger charge is -2.26. The molecule has 0 N–H and O–H groups in total. The molecule has 0 aliphatic carbocycles. The summed E-state index contributed by atoms with van der Waals surface area (Å²) in [5.41, 5.74) is 1.08. The van der Waals surface area contributed by atoms with Crippen molar-refractivity contribution in [2.75, 3.05) is 37.7 Å². The fraction of sp³-hybridized carbons (Fsp3) is 0.667. The number of hydrogen-bond acceptors (Lipinski definition) is 7. The number of ether oxygens (including phenoxy) is 1. The maximum Gasteiger partial charge on any atom is 0.185 e. The van der Waals surface area contributed by atoms with Crippen molar-refractivity contribution in [3.63, 3.8) is 0 Å². The summed E-state index contributed by atoms with van der Waals surface area (Å²) in [5.74, 6) is 1.36. The van der Waals surface area contributed by atoms with E-state index in [1.54, 1.807) is 0 Å². The first-order chi connectivity index (χ1) is 12.2. The highest BCUT2D eigenvalue weighted by molar-refractivity contribution is 7.15. The second kappa shape index (κ2) is 7.43. The molecule has 6 nitrogen and oxygen atoms in total. The lowest BCUT2D eigenvalue weighted by molar-refractivity contribution is 0.122. The van der Waals surface area contributed by atoms with E-state index in [1.807, 2.05) is 17.5 Å². The number of anilines is 1. The van der Waals surface area contributed by atoms with Crippen LogP contribution in [0.5, 0.6) is 0 Å². The summed E-state index contributed by atoms with van der Waals surface area (Å²) in [6.45, 7) is 9.81. The highest BCUT2D eigenvalue weighted by atomic mass is 32.1. The van der Waals surface area contributed by atoms with Crippen LogP contribution < -0.4 is 4.90 Å². The average Bonchev–Trinajstić information content (AvgIpc) is 3.36. The molecule has 25 heavy (non-hydrogen) atoms. The molecule has 7 heteroatoms. The van der Waals surface area contributed by atoms with Gasteiger partial charge in [-0.05, 0) is 19.4 Å². The molecular formula is C18H26N4O2S. The fourth-order valence-electron chi connectivity index (χ4n) is 3.55. The van der Waals surface area contributed by atoms with Crippen molar-refractivity contribution in [3.8, 4) is 0 Å². The van der Waals surface area contributed by atoms with Gasteiger partial charge in [-0.15, -0.1) is 11.3 Å². The minimum Gasteiger partial charge on any atom is -0.378 e. The van der Waals surface area contributed by atoms with Crippen molar-refractivity contribution in [2.24, 2.45) is 0 Å². The molecule has 2 fully saturated rings. The van der Waals surface area contributed by atoms with Crippen LogP contribution in [0.4, 0.5) is 5.13 Å². The van der Waals surface area contributed by atoms with E-state index in [0.29, 0.717) is 12.0 Å². The zero-order chi connectivity index (χ0) is 17.2. The van der Waals surface area contributed by atoms with Crippen LogP contribution in [0.1, 0.15) is 55.0 Å². The highest BCUT2D eigenvalue weighted by Crippen LogP contribution is 2.35. The first-order valence-corrected chi connectivity index (χ1v) is 10.0. The van der Waals surface area contributed by atoms with Gasteiger partial charge in [0.2, 0.25) is 0 Å². The molecule has 4 rings (SSSR count). The number of hydrogen-bond donors (Lipinski definition) is 0. The molecular weight excluding hydrogens is 336 g/mol. The first kappa shape index (κ1) is 17.0. The molecule has 0 aromatic carbocycles. The molecule has 2 aliphatic rings. The lowest BCUT2D eigenvalue weighted by Crippen LogP contribution is -2.36. The summed E-state index contributed by atoms with van der Waals surface area (Å²) < 4.78 is 10.9. The Labute approximate surface area is 152 Å². The molecule has 0 bridgehead atoms. The molecule has 2 saturated heterocycles. The molecule has 2 aromatic rings. The highest BCUT2D eigenvalue weighted by Gasteiger charge is 2.29. The van der Waals surface area contributed by atoms with Crippen LogP contribution in [0, 0.1) is 0 Å². The standard InChI is InChI=1S/C18H26N4O2S/c1-13(2)17-10-15(20-24-17)16-4-3-5-22(16)12-14-11-19-18(25-14)21-6-8-23-9-7-21/h10-11,13,16H,3-9,12H2,1-2H3.